The summed E-state index contributed by atoms with van der Waals surface area (Å²) in [5.74, 6) is -6.50. The summed E-state index contributed by atoms with van der Waals surface area (Å²) in [4.78, 5) is 37.7. The molecule has 12 heteroatoms. The third kappa shape index (κ3) is 6.36. The molecule has 1 aliphatic heterocycles. The number of carbonyl (C=O) groups excluding carboxylic acids is 3. The minimum atomic E-state index is -3.52. The van der Waals surface area contributed by atoms with Gasteiger partial charge in [0, 0.05) is 59.8 Å². The highest BCUT2D eigenvalue weighted by Crippen LogP contribution is 2.37. The van der Waals surface area contributed by atoms with Gasteiger partial charge in [-0.15, -0.1) is 0 Å². The second-order valence-corrected chi connectivity index (χ2v) is 6.62. The van der Waals surface area contributed by atoms with E-state index in [0.29, 0.717) is 0 Å². The van der Waals surface area contributed by atoms with Crippen molar-refractivity contribution in [2.45, 2.75) is 49.6 Å². The Balaban J connectivity index is 4.21. The molecule has 0 aromatic heterocycles. The topological polar surface area (TPSA) is 128 Å². The van der Waals surface area contributed by atoms with Gasteiger partial charge in [0.25, 0.3) is 11.7 Å². The third-order valence-electron chi connectivity index (χ3n) is 4.77. The monoisotopic (exact) mass is 477 g/mol. The summed E-state index contributed by atoms with van der Waals surface area (Å²) in [7, 11) is -7.21. The van der Waals surface area contributed by atoms with Crippen molar-refractivity contribution in [2.24, 2.45) is 0 Å². The second kappa shape index (κ2) is 13.0. The number of ether oxygens (including phenoxy) is 8. The summed E-state index contributed by atoms with van der Waals surface area (Å²) in [5.41, 5.74) is 0. The molecule has 0 spiro atoms. The van der Waals surface area contributed by atoms with Crippen molar-refractivity contribution < 1.29 is 68.7 Å². The van der Waals surface area contributed by atoms with Gasteiger partial charge in [-0.1, -0.05) is 0 Å². The van der Waals surface area contributed by atoms with E-state index in [4.69, 9.17) is 49.6 Å². The van der Waals surface area contributed by atoms with Crippen LogP contribution in [0.25, 0.3) is 0 Å². The molecule has 0 aliphatic carbocycles. The van der Waals surface area contributed by atoms with Crippen molar-refractivity contribution in [3.8, 4) is 0 Å². The fourth-order valence-corrected chi connectivity index (χ4v) is 3.24. The van der Waals surface area contributed by atoms with Crippen LogP contribution in [-0.4, -0.2) is 122 Å². The number of rotatable bonds is 12. The zero-order valence-corrected chi connectivity index (χ0v) is 17.9. The molecule has 0 saturated carbocycles. The Labute approximate surface area is 205 Å². The van der Waals surface area contributed by atoms with Gasteiger partial charge in [-0.2, -0.15) is 0 Å². The average molecular weight is 478 g/mol. The van der Waals surface area contributed by atoms with E-state index in [9.17, 15) is 14.4 Å². The van der Waals surface area contributed by atoms with Gasteiger partial charge in [0.1, 0.15) is 18.3 Å². The number of amides is 1. The SMILES string of the molecule is [2H]C([2H])([2H])O[C@@H]([C@@H]1O[C@@](OC)(C(=O)OC)C[C@H](OC([2H])([2H])[2H])[C@H]1N(C(=O)COC(C)=O)C([2H])([2H])[2H])[C@@H](COC)OC([2H])([2H])[2H]. The Morgan fingerprint density at radius 3 is 2.47 bits per heavy atom. The summed E-state index contributed by atoms with van der Waals surface area (Å²) in [6.45, 7) is -4.58. The van der Waals surface area contributed by atoms with Gasteiger partial charge in [0.05, 0.1) is 38.2 Å². The Bertz CT molecular complexity index is 988. The lowest BCUT2D eigenvalue weighted by molar-refractivity contribution is -0.316. The standard InChI is InChI=1S/C20H35NO11/c1-12(22)31-11-15(23)21(2)16-13(26-4)9-20(30-8,19(24)29-7)32-18(16)17(28-6)14(27-5)10-25-3/h13-14,16-18H,9-11H2,1-8H3/t13-,14+,16+,17+,18+,20+/m0/s1/i2D3,4D3,5D3,6D3. The van der Waals surface area contributed by atoms with Crippen LogP contribution in [0.15, 0.2) is 0 Å². The first-order chi connectivity index (χ1) is 19.8. The molecule has 1 aliphatic rings. The maximum atomic E-state index is 13.3. The van der Waals surface area contributed by atoms with Gasteiger partial charge >= 0.3 is 11.9 Å². The number of nitrogens with zero attached hydrogens (tertiary/aromatic N) is 1. The van der Waals surface area contributed by atoms with E-state index < -0.39 is 102 Å². The van der Waals surface area contributed by atoms with E-state index in [1.165, 1.54) is 0 Å². The van der Waals surface area contributed by atoms with Crippen molar-refractivity contribution >= 4 is 17.8 Å². The summed E-state index contributed by atoms with van der Waals surface area (Å²) in [5, 5.41) is 0. The molecule has 12 nitrogen and oxygen atoms in total. The lowest BCUT2D eigenvalue weighted by Gasteiger charge is -2.50. The van der Waals surface area contributed by atoms with Crippen LogP contribution in [0, 0.1) is 0 Å². The molecule has 186 valence electrons. The molecule has 1 amide bonds. The predicted molar refractivity (Wildman–Crippen MR) is 109 cm³/mol. The van der Waals surface area contributed by atoms with Crippen LogP contribution in [-0.2, 0) is 52.3 Å². The van der Waals surface area contributed by atoms with Gasteiger partial charge in [0.15, 0.2) is 6.61 Å². The highest BCUT2D eigenvalue weighted by atomic mass is 16.7. The number of likely N-dealkylation sites (N-methyl/N-ethyl adjacent to an activating group) is 1. The predicted octanol–water partition coefficient (Wildman–Crippen LogP) is -0.627. The number of esters is 2. The number of methoxy groups -OCH3 is 6. The summed E-state index contributed by atoms with van der Waals surface area (Å²) in [6.07, 6.45) is -9.67. The molecule has 0 aromatic rings. The molecule has 1 fully saturated rings. The summed E-state index contributed by atoms with van der Waals surface area (Å²) < 4.78 is 134. The van der Waals surface area contributed by atoms with Crippen LogP contribution in [0.3, 0.4) is 0 Å². The molecular formula is C20H35NO11. The van der Waals surface area contributed by atoms with Crippen molar-refractivity contribution in [2.75, 3.05) is 62.6 Å². The minimum absolute atomic E-state index is 0.0168. The van der Waals surface area contributed by atoms with Crippen LogP contribution >= 0.6 is 0 Å². The molecule has 1 rings (SSSR count). The first-order valence-electron chi connectivity index (χ1n) is 15.1. The molecule has 0 aromatic carbocycles. The van der Waals surface area contributed by atoms with Gasteiger partial charge in [-0.3, -0.25) is 9.59 Å². The maximum absolute atomic E-state index is 13.3. The molecule has 32 heavy (non-hydrogen) atoms. The molecular weight excluding hydrogens is 430 g/mol. The molecule has 1 heterocycles. The normalized spacial score (nSPS) is 34.4. The molecule has 6 atom stereocenters. The van der Waals surface area contributed by atoms with Crippen LogP contribution < -0.4 is 0 Å². The summed E-state index contributed by atoms with van der Waals surface area (Å²) in [6, 6.07) is -2.24. The fourth-order valence-electron chi connectivity index (χ4n) is 3.24. The van der Waals surface area contributed by atoms with Gasteiger partial charge in [0.2, 0.25) is 0 Å². The van der Waals surface area contributed by atoms with Crippen molar-refractivity contribution in [3.63, 3.8) is 0 Å². The lowest BCUT2D eigenvalue weighted by atomic mass is 9.87. The van der Waals surface area contributed by atoms with Crippen LogP contribution in [0.4, 0.5) is 0 Å². The summed E-state index contributed by atoms with van der Waals surface area (Å²) >= 11 is 0. The fraction of sp³-hybridized carbons (Fsp3) is 0.850. The lowest BCUT2D eigenvalue weighted by Crippen LogP contribution is -2.69. The highest BCUT2D eigenvalue weighted by molar-refractivity contribution is 5.81. The number of carbonyl (C=O) groups is 3. The Morgan fingerprint density at radius 2 is 1.94 bits per heavy atom. The number of hydrogen-bond acceptors (Lipinski definition) is 11. The van der Waals surface area contributed by atoms with E-state index >= 15 is 0 Å². The van der Waals surface area contributed by atoms with Gasteiger partial charge in [-0.05, 0) is 0 Å². The van der Waals surface area contributed by atoms with Gasteiger partial charge in [-0.25, -0.2) is 4.79 Å². The first kappa shape index (κ1) is 14.4. The van der Waals surface area contributed by atoms with Crippen molar-refractivity contribution in [1.29, 1.82) is 0 Å². The van der Waals surface area contributed by atoms with Crippen molar-refractivity contribution in [3.05, 3.63) is 0 Å². The molecule has 0 radical (unpaired) electrons. The third-order valence-corrected chi connectivity index (χ3v) is 4.77. The Kier molecular flexibility index (Phi) is 5.87. The highest BCUT2D eigenvalue weighted by Gasteiger charge is 2.58. The van der Waals surface area contributed by atoms with E-state index in [1.807, 2.05) is 0 Å². The minimum Gasteiger partial charge on any atom is -0.465 e. The largest absolute Gasteiger partial charge is 0.465 e. The smallest absolute Gasteiger partial charge is 0.366 e. The Morgan fingerprint density at radius 1 is 1.19 bits per heavy atom. The van der Waals surface area contributed by atoms with E-state index in [-0.39, 0.29) is 4.90 Å². The van der Waals surface area contributed by atoms with E-state index in [0.717, 1.165) is 28.3 Å². The first-order valence-corrected chi connectivity index (χ1v) is 9.10. The average Bonchev–Trinajstić information content (AvgIpc) is 2.83. The van der Waals surface area contributed by atoms with Crippen LogP contribution in [0.5, 0.6) is 0 Å². The molecule has 0 bridgehead atoms. The molecule has 1 saturated heterocycles. The molecule has 0 N–H and O–H groups in total. The van der Waals surface area contributed by atoms with Crippen LogP contribution in [0.2, 0.25) is 0 Å². The van der Waals surface area contributed by atoms with Crippen molar-refractivity contribution in [1.82, 2.24) is 4.90 Å². The maximum Gasteiger partial charge on any atom is 0.366 e. The van der Waals surface area contributed by atoms with E-state index in [1.54, 1.807) is 0 Å². The molecule has 0 unspecified atom stereocenters. The van der Waals surface area contributed by atoms with E-state index in [2.05, 4.69) is 4.74 Å². The van der Waals surface area contributed by atoms with Gasteiger partial charge < -0.3 is 42.8 Å². The second-order valence-electron chi connectivity index (χ2n) is 6.62. The van der Waals surface area contributed by atoms with Crippen LogP contribution in [0.1, 0.15) is 29.8 Å². The zero-order chi connectivity index (χ0) is 34.5. The number of hydrogen-bond donors (Lipinski definition) is 0. The zero-order valence-electron chi connectivity index (χ0n) is 29.9. The Hall–Kier alpha value is -1.83. The quantitative estimate of drug-likeness (QED) is 0.333.